The van der Waals surface area contributed by atoms with Gasteiger partial charge in [-0.1, -0.05) is 91.0 Å². The molecule has 1 aliphatic heterocycles. The van der Waals surface area contributed by atoms with Gasteiger partial charge in [0.25, 0.3) is 0 Å². The molecule has 1 N–H and O–H groups in total. The van der Waals surface area contributed by atoms with E-state index in [4.69, 9.17) is 0 Å². The molecule has 0 aromatic heterocycles. The number of thioether (sulfide) groups is 1. The molecule has 0 radical (unpaired) electrons. The molecule has 1 fully saturated rings. The van der Waals surface area contributed by atoms with Crippen molar-refractivity contribution in [2.45, 2.75) is 22.5 Å². The Balaban J connectivity index is 1.86. The van der Waals surface area contributed by atoms with E-state index >= 15 is 0 Å². The maximum atomic E-state index is 11.6. The monoisotopic (exact) mass is 417 g/mol. The second-order valence-electron chi connectivity index (χ2n) is 7.39. The van der Waals surface area contributed by atoms with Crippen LogP contribution in [0.5, 0.6) is 0 Å². The minimum absolute atomic E-state index is 0.0167. The fourth-order valence-corrected chi connectivity index (χ4v) is 6.08. The molecule has 0 spiro atoms. The van der Waals surface area contributed by atoms with E-state index in [1.165, 1.54) is 4.90 Å². The van der Waals surface area contributed by atoms with Crippen LogP contribution in [0.25, 0.3) is 0 Å². The van der Waals surface area contributed by atoms with Gasteiger partial charge in [-0.2, -0.15) is 0 Å². The predicted molar refractivity (Wildman–Crippen MR) is 120 cm³/mol. The van der Waals surface area contributed by atoms with Crippen molar-refractivity contribution in [3.63, 3.8) is 0 Å². The Morgan fingerprint density at radius 2 is 1.30 bits per heavy atom. The zero-order valence-corrected chi connectivity index (χ0v) is 17.2. The number of carbonyl (C=O) groups excluding carboxylic acids is 1. The van der Waals surface area contributed by atoms with Gasteiger partial charge in [0.1, 0.15) is 6.29 Å². The van der Waals surface area contributed by atoms with Crippen LogP contribution in [0.1, 0.15) is 23.1 Å². The fraction of sp³-hybridized carbons (Fsp3) is 0.200. The molecule has 3 aromatic rings. The minimum atomic E-state index is -1.04. The van der Waals surface area contributed by atoms with Crippen LogP contribution >= 0.6 is 11.8 Å². The van der Waals surface area contributed by atoms with Crippen LogP contribution in [-0.4, -0.2) is 40.2 Å². The molecule has 0 saturated carbocycles. The highest BCUT2D eigenvalue weighted by atomic mass is 32.2. The molecule has 30 heavy (non-hydrogen) atoms. The van der Waals surface area contributed by atoms with Crippen LogP contribution in [0.15, 0.2) is 91.0 Å². The molecule has 1 amide bonds. The smallest absolute Gasteiger partial charge is 0.407 e. The van der Waals surface area contributed by atoms with Crippen molar-refractivity contribution >= 4 is 24.1 Å². The highest BCUT2D eigenvalue weighted by molar-refractivity contribution is 8.01. The Morgan fingerprint density at radius 1 is 0.867 bits per heavy atom. The number of hydrogen-bond donors (Lipinski definition) is 1. The lowest BCUT2D eigenvalue weighted by molar-refractivity contribution is -0.111. The number of amides is 1. The van der Waals surface area contributed by atoms with Crippen LogP contribution in [0.3, 0.4) is 0 Å². The maximum absolute atomic E-state index is 11.6. The van der Waals surface area contributed by atoms with Crippen LogP contribution in [0, 0.1) is 0 Å². The molecule has 2 atom stereocenters. The van der Waals surface area contributed by atoms with Crippen LogP contribution in [0.4, 0.5) is 4.79 Å². The second-order valence-corrected chi connectivity index (χ2v) is 8.91. The van der Waals surface area contributed by atoms with Crippen molar-refractivity contribution in [2.24, 2.45) is 0 Å². The predicted octanol–water partition coefficient (Wildman–Crippen LogP) is 5.03. The quantitative estimate of drug-likeness (QED) is 0.451. The molecule has 3 aromatic carbocycles. The second kappa shape index (κ2) is 8.76. The molecular weight excluding hydrogens is 394 g/mol. The summed E-state index contributed by atoms with van der Waals surface area (Å²) in [4.78, 5) is 24.4. The summed E-state index contributed by atoms with van der Waals surface area (Å²) < 4.78 is -0.517. The van der Waals surface area contributed by atoms with E-state index in [-0.39, 0.29) is 5.25 Å². The maximum Gasteiger partial charge on any atom is 0.407 e. The highest BCUT2D eigenvalue weighted by Crippen LogP contribution is 2.51. The first-order chi connectivity index (χ1) is 14.6. The summed E-state index contributed by atoms with van der Waals surface area (Å²) in [7, 11) is 0. The first-order valence-electron chi connectivity index (χ1n) is 9.94. The lowest BCUT2D eigenvalue weighted by atomic mass is 9.84. The van der Waals surface area contributed by atoms with Crippen molar-refractivity contribution in [1.29, 1.82) is 0 Å². The number of benzene rings is 3. The molecule has 4 rings (SSSR count). The van der Waals surface area contributed by atoms with Gasteiger partial charge in [-0.25, -0.2) is 4.79 Å². The highest BCUT2D eigenvalue weighted by Gasteiger charge is 2.44. The largest absolute Gasteiger partial charge is 0.465 e. The van der Waals surface area contributed by atoms with E-state index in [1.807, 2.05) is 54.6 Å². The van der Waals surface area contributed by atoms with Gasteiger partial charge in [0.2, 0.25) is 0 Å². The summed E-state index contributed by atoms with van der Waals surface area (Å²) in [5.74, 6) is 0. The van der Waals surface area contributed by atoms with Crippen LogP contribution in [0.2, 0.25) is 0 Å². The number of rotatable bonds is 6. The number of aldehydes is 1. The van der Waals surface area contributed by atoms with Crippen LogP contribution in [-0.2, 0) is 9.54 Å². The van der Waals surface area contributed by atoms with Gasteiger partial charge < -0.3 is 9.90 Å². The van der Waals surface area contributed by atoms with Gasteiger partial charge in [-0.05, 0) is 23.1 Å². The van der Waals surface area contributed by atoms with E-state index < -0.39 is 16.9 Å². The van der Waals surface area contributed by atoms with E-state index in [0.29, 0.717) is 13.0 Å². The lowest BCUT2D eigenvalue weighted by Gasteiger charge is -2.37. The zero-order chi connectivity index (χ0) is 21.0. The van der Waals surface area contributed by atoms with Gasteiger partial charge in [0, 0.05) is 11.8 Å². The van der Waals surface area contributed by atoms with E-state index in [9.17, 15) is 14.7 Å². The molecule has 0 unspecified atom stereocenters. The Hall–Kier alpha value is -3.05. The molecule has 152 valence electrons. The van der Waals surface area contributed by atoms with E-state index in [1.54, 1.807) is 11.8 Å². The Bertz CT molecular complexity index is 898. The van der Waals surface area contributed by atoms with Crippen molar-refractivity contribution in [3.05, 3.63) is 108 Å². The summed E-state index contributed by atoms with van der Waals surface area (Å²) in [6, 6.07) is 30.3. The first kappa shape index (κ1) is 20.2. The number of nitrogens with zero attached hydrogens (tertiary/aromatic N) is 1. The zero-order valence-electron chi connectivity index (χ0n) is 16.4. The summed E-state index contributed by atoms with van der Waals surface area (Å²) in [5.41, 5.74) is 3.39. The molecule has 1 aliphatic rings. The molecule has 0 bridgehead atoms. The Kier molecular flexibility index (Phi) is 5.91. The molecule has 5 heteroatoms. The van der Waals surface area contributed by atoms with Gasteiger partial charge in [-0.15, -0.1) is 11.8 Å². The van der Waals surface area contributed by atoms with Crippen molar-refractivity contribution in [1.82, 2.24) is 4.90 Å². The first-order valence-corrected chi connectivity index (χ1v) is 10.8. The third kappa shape index (κ3) is 3.73. The number of carboxylic acid groups (broad SMARTS) is 1. The van der Waals surface area contributed by atoms with Gasteiger partial charge in [0.05, 0.1) is 10.8 Å². The molecular formula is C25H23NO3S. The Labute approximate surface area is 180 Å². The minimum Gasteiger partial charge on any atom is -0.465 e. The standard InChI is InChI=1S/C25H23NO3S/c27-18-22-16-23(17-26(22)24(28)29)30-25(19-10-4-1-5-11-19,20-12-6-2-7-13-20)21-14-8-3-9-15-21/h1-15,18,22-23H,16-17H2,(H,28,29)/t22-,23-/m0/s1. The fourth-order valence-electron chi connectivity index (χ4n) is 4.23. The van der Waals surface area contributed by atoms with Gasteiger partial charge in [0.15, 0.2) is 0 Å². The number of likely N-dealkylation sites (tertiary alicyclic amines) is 1. The van der Waals surface area contributed by atoms with Crippen LogP contribution < -0.4 is 0 Å². The summed E-state index contributed by atoms with van der Waals surface area (Å²) >= 11 is 1.74. The average molecular weight is 418 g/mol. The topological polar surface area (TPSA) is 57.6 Å². The van der Waals surface area contributed by atoms with E-state index in [2.05, 4.69) is 36.4 Å². The summed E-state index contributed by atoms with van der Waals surface area (Å²) in [5, 5.41) is 9.52. The van der Waals surface area contributed by atoms with E-state index in [0.717, 1.165) is 23.0 Å². The van der Waals surface area contributed by atoms with Gasteiger partial charge in [-0.3, -0.25) is 4.90 Å². The SMILES string of the molecule is O=C[C@@H]1C[C@H](SC(c2ccccc2)(c2ccccc2)c2ccccc2)CN1C(=O)O. The Morgan fingerprint density at radius 3 is 1.63 bits per heavy atom. The van der Waals surface area contributed by atoms with Crippen molar-refractivity contribution in [3.8, 4) is 0 Å². The van der Waals surface area contributed by atoms with Gasteiger partial charge >= 0.3 is 6.09 Å². The lowest BCUT2D eigenvalue weighted by Crippen LogP contribution is -2.35. The summed E-state index contributed by atoms with van der Waals surface area (Å²) in [6.45, 7) is 0.331. The third-order valence-corrected chi connectivity index (χ3v) is 7.33. The molecule has 0 aliphatic carbocycles. The third-order valence-electron chi connectivity index (χ3n) is 5.59. The molecule has 4 nitrogen and oxygen atoms in total. The van der Waals surface area contributed by atoms with Crippen molar-refractivity contribution in [2.75, 3.05) is 6.54 Å². The number of carbonyl (C=O) groups is 2. The normalized spacial score (nSPS) is 18.9. The van der Waals surface area contributed by atoms with Crippen molar-refractivity contribution < 1.29 is 14.7 Å². The molecule has 1 heterocycles. The number of hydrogen-bond acceptors (Lipinski definition) is 3. The molecule has 1 saturated heterocycles. The average Bonchev–Trinajstić information content (AvgIpc) is 3.22. The summed E-state index contributed by atoms with van der Waals surface area (Å²) in [6.07, 6.45) is 0.221.